The molecule has 2 aliphatic carbocycles. The molecule has 178 valence electrons. The molecule has 3 nitrogen and oxygen atoms in total. The number of ether oxygens (including phenoxy) is 1. The van der Waals surface area contributed by atoms with Gasteiger partial charge in [0.15, 0.2) is 0 Å². The maximum Gasteiger partial charge on any atom is 0.460 e. The molecule has 0 aromatic heterocycles. The van der Waals surface area contributed by atoms with E-state index < -0.39 is 0 Å². The summed E-state index contributed by atoms with van der Waals surface area (Å²) in [4.78, 5) is 0. The first kappa shape index (κ1) is 24.3. The van der Waals surface area contributed by atoms with E-state index in [4.69, 9.17) is 14.0 Å². The lowest BCUT2D eigenvalue weighted by Crippen LogP contribution is -2.38. The molecule has 3 fully saturated rings. The second-order valence-electron chi connectivity index (χ2n) is 10.8. The van der Waals surface area contributed by atoms with Crippen LogP contribution in [0.1, 0.15) is 97.0 Å². The standard InChI is InChI=1S/C28H45BO3/c1-4-26(30-20-23-14-8-5-9-15-23)21(2)22(3)29-31-27(24-16-10-6-11-17-24)28(32-29)25-18-12-7-13-19-25/h5,8-9,14-15,21-22,24-28H,4,6-7,10-13,16-20H2,1-3H3/t21-,22+,26+,27-,28-/m1/s1. The van der Waals surface area contributed by atoms with Gasteiger partial charge in [0.05, 0.1) is 24.9 Å². The molecule has 0 bridgehead atoms. The second-order valence-corrected chi connectivity index (χ2v) is 10.8. The fraction of sp³-hybridized carbons (Fsp3) is 0.786. The van der Waals surface area contributed by atoms with Gasteiger partial charge in [-0.15, -0.1) is 0 Å². The molecule has 0 radical (unpaired) electrons. The van der Waals surface area contributed by atoms with Crippen LogP contribution in [0.25, 0.3) is 0 Å². The summed E-state index contributed by atoms with van der Waals surface area (Å²) in [6, 6.07) is 10.5. The lowest BCUT2D eigenvalue weighted by molar-refractivity contribution is -0.000168. The quantitative estimate of drug-likeness (QED) is 0.374. The van der Waals surface area contributed by atoms with Crippen molar-refractivity contribution in [2.45, 2.75) is 122 Å². The first-order valence-corrected chi connectivity index (χ1v) is 13.6. The largest absolute Gasteiger partial charge is 0.460 e. The minimum atomic E-state index is -0.0850. The predicted molar refractivity (Wildman–Crippen MR) is 133 cm³/mol. The van der Waals surface area contributed by atoms with Gasteiger partial charge in [0, 0.05) is 0 Å². The Labute approximate surface area is 197 Å². The third-order valence-electron chi connectivity index (χ3n) is 8.69. The molecule has 4 rings (SSSR count). The van der Waals surface area contributed by atoms with E-state index in [1.807, 2.05) is 0 Å². The number of hydrogen-bond donors (Lipinski definition) is 0. The van der Waals surface area contributed by atoms with Crippen molar-refractivity contribution in [1.29, 1.82) is 0 Å². The maximum atomic E-state index is 6.83. The van der Waals surface area contributed by atoms with E-state index in [-0.39, 0.29) is 13.2 Å². The molecule has 0 N–H and O–H groups in total. The van der Waals surface area contributed by atoms with Crippen molar-refractivity contribution in [3.8, 4) is 0 Å². The molecular formula is C28H45BO3. The lowest BCUT2D eigenvalue weighted by atomic mass is 9.65. The number of benzene rings is 1. The zero-order chi connectivity index (χ0) is 22.3. The highest BCUT2D eigenvalue weighted by Crippen LogP contribution is 2.43. The van der Waals surface area contributed by atoms with Crippen LogP contribution in [0.4, 0.5) is 0 Å². The van der Waals surface area contributed by atoms with E-state index >= 15 is 0 Å². The molecule has 3 aliphatic rings. The Morgan fingerprint density at radius 3 is 1.88 bits per heavy atom. The van der Waals surface area contributed by atoms with Gasteiger partial charge in [0.2, 0.25) is 0 Å². The molecule has 32 heavy (non-hydrogen) atoms. The van der Waals surface area contributed by atoms with Crippen molar-refractivity contribution in [1.82, 2.24) is 0 Å². The predicted octanol–water partition coefficient (Wildman–Crippen LogP) is 7.44. The summed E-state index contributed by atoms with van der Waals surface area (Å²) in [7, 11) is -0.0850. The Hall–Kier alpha value is -0.835. The van der Waals surface area contributed by atoms with Gasteiger partial charge in [-0.05, 0) is 61.2 Å². The third-order valence-corrected chi connectivity index (χ3v) is 8.69. The Morgan fingerprint density at radius 1 is 0.844 bits per heavy atom. The van der Waals surface area contributed by atoms with Gasteiger partial charge in [-0.3, -0.25) is 0 Å². The highest BCUT2D eigenvalue weighted by molar-refractivity contribution is 6.47. The molecule has 1 aliphatic heterocycles. The van der Waals surface area contributed by atoms with Gasteiger partial charge in [0.1, 0.15) is 0 Å². The fourth-order valence-corrected chi connectivity index (χ4v) is 6.43. The van der Waals surface area contributed by atoms with Crippen molar-refractivity contribution in [2.75, 3.05) is 0 Å². The van der Waals surface area contributed by atoms with Crippen LogP contribution < -0.4 is 0 Å². The van der Waals surface area contributed by atoms with Gasteiger partial charge in [-0.25, -0.2) is 0 Å². The fourth-order valence-electron chi connectivity index (χ4n) is 6.43. The number of rotatable bonds is 9. The summed E-state index contributed by atoms with van der Waals surface area (Å²) in [6.07, 6.45) is 15.4. The van der Waals surface area contributed by atoms with Crippen molar-refractivity contribution in [3.63, 3.8) is 0 Å². The molecule has 1 aromatic carbocycles. The second kappa shape index (κ2) is 12.0. The van der Waals surface area contributed by atoms with Crippen LogP contribution in [0.2, 0.25) is 5.82 Å². The molecule has 0 spiro atoms. The van der Waals surface area contributed by atoms with E-state index in [9.17, 15) is 0 Å². The van der Waals surface area contributed by atoms with Gasteiger partial charge >= 0.3 is 7.12 Å². The van der Waals surface area contributed by atoms with Crippen molar-refractivity contribution < 1.29 is 14.0 Å². The molecule has 4 heteroatoms. The summed E-state index contributed by atoms with van der Waals surface area (Å²) < 4.78 is 20.1. The summed E-state index contributed by atoms with van der Waals surface area (Å²) >= 11 is 0. The first-order valence-electron chi connectivity index (χ1n) is 13.6. The highest BCUT2D eigenvalue weighted by Gasteiger charge is 2.50. The van der Waals surface area contributed by atoms with Crippen LogP contribution in [0.3, 0.4) is 0 Å². The topological polar surface area (TPSA) is 27.7 Å². The summed E-state index contributed by atoms with van der Waals surface area (Å²) in [5.74, 6) is 2.11. The van der Waals surface area contributed by atoms with Crippen LogP contribution in [0.5, 0.6) is 0 Å². The zero-order valence-electron chi connectivity index (χ0n) is 20.7. The average Bonchev–Trinajstić information content (AvgIpc) is 3.31. The molecule has 1 heterocycles. The van der Waals surface area contributed by atoms with Gasteiger partial charge < -0.3 is 14.0 Å². The minimum Gasteiger partial charge on any atom is -0.405 e. The monoisotopic (exact) mass is 440 g/mol. The zero-order valence-corrected chi connectivity index (χ0v) is 20.7. The van der Waals surface area contributed by atoms with E-state index in [1.54, 1.807) is 0 Å². The average molecular weight is 440 g/mol. The molecule has 1 saturated heterocycles. The lowest BCUT2D eigenvalue weighted by Gasteiger charge is -2.35. The van der Waals surface area contributed by atoms with Crippen LogP contribution in [-0.4, -0.2) is 25.4 Å². The highest BCUT2D eigenvalue weighted by atomic mass is 16.7. The van der Waals surface area contributed by atoms with E-state index in [1.165, 1.54) is 69.8 Å². The molecule has 5 atom stereocenters. The smallest absolute Gasteiger partial charge is 0.405 e. The van der Waals surface area contributed by atoms with Crippen molar-refractivity contribution in [3.05, 3.63) is 35.9 Å². The maximum absolute atomic E-state index is 6.83. The molecule has 0 amide bonds. The number of hydrogen-bond acceptors (Lipinski definition) is 3. The Kier molecular flexibility index (Phi) is 9.14. The first-order chi connectivity index (χ1) is 15.7. The summed E-state index contributed by atoms with van der Waals surface area (Å²) in [5, 5.41) is 0. The summed E-state index contributed by atoms with van der Waals surface area (Å²) in [6.45, 7) is 7.58. The van der Waals surface area contributed by atoms with Gasteiger partial charge in [-0.1, -0.05) is 89.6 Å². The Balaban J connectivity index is 1.40. The van der Waals surface area contributed by atoms with Crippen LogP contribution in [0.15, 0.2) is 30.3 Å². The van der Waals surface area contributed by atoms with Crippen LogP contribution in [-0.2, 0) is 20.7 Å². The van der Waals surface area contributed by atoms with Crippen molar-refractivity contribution in [2.24, 2.45) is 17.8 Å². The molecule has 0 unspecified atom stereocenters. The Bertz CT molecular complexity index is 630. The summed E-state index contributed by atoms with van der Waals surface area (Å²) in [5.41, 5.74) is 1.24. The Morgan fingerprint density at radius 2 is 1.38 bits per heavy atom. The van der Waals surface area contributed by atoms with Crippen molar-refractivity contribution >= 4 is 7.12 Å². The molecule has 1 aromatic rings. The van der Waals surface area contributed by atoms with Gasteiger partial charge in [0.25, 0.3) is 0 Å². The van der Waals surface area contributed by atoms with E-state index in [0.717, 1.165) is 6.42 Å². The third kappa shape index (κ3) is 5.99. The van der Waals surface area contributed by atoms with Crippen LogP contribution >= 0.6 is 0 Å². The van der Waals surface area contributed by atoms with E-state index in [0.29, 0.717) is 42.4 Å². The van der Waals surface area contributed by atoms with Gasteiger partial charge in [-0.2, -0.15) is 0 Å². The molecular weight excluding hydrogens is 395 g/mol. The minimum absolute atomic E-state index is 0.0850. The normalized spacial score (nSPS) is 28.5. The van der Waals surface area contributed by atoms with Crippen LogP contribution in [0, 0.1) is 17.8 Å². The molecule has 2 saturated carbocycles. The van der Waals surface area contributed by atoms with E-state index in [2.05, 4.69) is 51.1 Å². The SMILES string of the molecule is CC[C@H](OCc1ccccc1)[C@H](C)[C@H](C)B1O[C@H](C2CCCCC2)[C@@H](C2CCCCC2)O1.